The van der Waals surface area contributed by atoms with Crippen molar-refractivity contribution in [3.8, 4) is 22.8 Å². The summed E-state index contributed by atoms with van der Waals surface area (Å²) in [6.45, 7) is 2.52. The van der Waals surface area contributed by atoms with E-state index in [-0.39, 0.29) is 12.7 Å². The maximum Gasteiger partial charge on any atom is 0.266 e. The third kappa shape index (κ3) is 2.77. The number of fused-ring (bicyclic) bond motifs is 2. The predicted molar refractivity (Wildman–Crippen MR) is 102 cm³/mol. The van der Waals surface area contributed by atoms with Crippen LogP contribution in [0, 0.1) is 0 Å². The number of carbonyl (C=O) groups is 1. The number of hydrogen-bond acceptors (Lipinski definition) is 7. The summed E-state index contributed by atoms with van der Waals surface area (Å²) >= 11 is 1.34. The van der Waals surface area contributed by atoms with Crippen LogP contribution in [0.3, 0.4) is 0 Å². The largest absolute Gasteiger partial charge is 0.454 e. The Bertz CT molecular complexity index is 1040. The minimum Gasteiger partial charge on any atom is -0.454 e. The Morgan fingerprint density at radius 2 is 1.93 bits per heavy atom. The van der Waals surface area contributed by atoms with Crippen LogP contribution in [0.1, 0.15) is 9.67 Å². The van der Waals surface area contributed by atoms with Gasteiger partial charge in [-0.25, -0.2) is 4.98 Å². The summed E-state index contributed by atoms with van der Waals surface area (Å²) < 4.78 is 16.1. The Kier molecular flexibility index (Phi) is 3.87. The van der Waals surface area contributed by atoms with Crippen LogP contribution in [0.4, 0.5) is 5.69 Å². The van der Waals surface area contributed by atoms with E-state index in [1.165, 1.54) is 11.3 Å². The van der Waals surface area contributed by atoms with Crippen LogP contribution in [-0.2, 0) is 4.74 Å². The number of pyridine rings is 1. The van der Waals surface area contributed by atoms with Gasteiger partial charge in [-0.15, -0.1) is 11.3 Å². The van der Waals surface area contributed by atoms with Crippen molar-refractivity contribution in [1.82, 2.24) is 9.88 Å². The number of anilines is 1. The van der Waals surface area contributed by atoms with Gasteiger partial charge in [0.05, 0.1) is 24.6 Å². The molecule has 0 saturated carbocycles. The summed E-state index contributed by atoms with van der Waals surface area (Å²) in [6, 6.07) is 9.56. The van der Waals surface area contributed by atoms with Crippen molar-refractivity contribution in [2.24, 2.45) is 0 Å². The van der Waals surface area contributed by atoms with E-state index in [1.54, 1.807) is 4.90 Å². The number of aromatic nitrogens is 1. The van der Waals surface area contributed by atoms with Crippen molar-refractivity contribution in [2.45, 2.75) is 0 Å². The Labute approximate surface area is 159 Å². The molecule has 0 atom stereocenters. The lowest BCUT2D eigenvalue weighted by Gasteiger charge is -2.26. The molecular formula is C19H17N3O4S. The molecule has 27 heavy (non-hydrogen) atoms. The standard InChI is InChI=1S/C19H17N3O4S/c20-16-12-2-3-13(11-1-4-14-15(9-11)26-10-25-14)21-18(12)27-17(16)19(23)22-5-7-24-8-6-22/h1-4,9H,5-8,10,20H2. The molecule has 0 spiro atoms. The average Bonchev–Trinajstić information content (AvgIpc) is 3.31. The highest BCUT2D eigenvalue weighted by atomic mass is 32.1. The molecule has 2 aliphatic heterocycles. The molecular weight excluding hydrogens is 366 g/mol. The van der Waals surface area contributed by atoms with Crippen LogP contribution < -0.4 is 15.2 Å². The summed E-state index contributed by atoms with van der Waals surface area (Å²) in [7, 11) is 0. The molecule has 2 aliphatic rings. The summed E-state index contributed by atoms with van der Waals surface area (Å²) in [6.07, 6.45) is 0. The van der Waals surface area contributed by atoms with Gasteiger partial charge in [0, 0.05) is 24.0 Å². The zero-order valence-corrected chi connectivity index (χ0v) is 15.3. The van der Waals surface area contributed by atoms with E-state index >= 15 is 0 Å². The molecule has 2 aromatic heterocycles. The monoisotopic (exact) mass is 383 g/mol. The second-order valence-corrected chi connectivity index (χ2v) is 7.37. The van der Waals surface area contributed by atoms with Gasteiger partial charge in [0.25, 0.3) is 5.91 Å². The van der Waals surface area contributed by atoms with Crippen molar-refractivity contribution in [3.05, 3.63) is 35.2 Å². The van der Waals surface area contributed by atoms with E-state index in [9.17, 15) is 4.79 Å². The first-order valence-corrected chi connectivity index (χ1v) is 9.48. The zero-order valence-electron chi connectivity index (χ0n) is 14.4. The van der Waals surface area contributed by atoms with Gasteiger partial charge in [0.1, 0.15) is 9.71 Å². The first-order chi connectivity index (χ1) is 13.2. The predicted octanol–water partition coefficient (Wildman–Crippen LogP) is 2.75. The molecule has 0 bridgehead atoms. The topological polar surface area (TPSA) is 86.9 Å². The van der Waals surface area contributed by atoms with Crippen LogP contribution in [0.15, 0.2) is 30.3 Å². The highest BCUT2D eigenvalue weighted by Crippen LogP contribution is 2.38. The van der Waals surface area contributed by atoms with Crippen LogP contribution in [-0.4, -0.2) is 48.9 Å². The molecule has 0 radical (unpaired) electrons. The van der Waals surface area contributed by atoms with Gasteiger partial charge in [0.15, 0.2) is 11.5 Å². The fraction of sp³-hybridized carbons (Fsp3) is 0.263. The highest BCUT2D eigenvalue weighted by molar-refractivity contribution is 7.21. The van der Waals surface area contributed by atoms with Crippen LogP contribution in [0.5, 0.6) is 11.5 Å². The number of morpholine rings is 1. The van der Waals surface area contributed by atoms with Crippen LogP contribution >= 0.6 is 11.3 Å². The number of nitrogens with two attached hydrogens (primary N) is 1. The lowest BCUT2D eigenvalue weighted by atomic mass is 10.1. The van der Waals surface area contributed by atoms with Crippen LogP contribution in [0.25, 0.3) is 21.5 Å². The van der Waals surface area contributed by atoms with Crippen molar-refractivity contribution in [1.29, 1.82) is 0 Å². The fourth-order valence-electron chi connectivity index (χ4n) is 3.28. The minimum atomic E-state index is -0.0524. The number of carbonyl (C=O) groups excluding carboxylic acids is 1. The number of nitrogen functional groups attached to an aromatic ring is 1. The molecule has 1 saturated heterocycles. The molecule has 8 heteroatoms. The molecule has 2 N–H and O–H groups in total. The number of rotatable bonds is 2. The van der Waals surface area contributed by atoms with Gasteiger partial charge in [-0.05, 0) is 30.3 Å². The molecule has 0 aliphatic carbocycles. The summed E-state index contributed by atoms with van der Waals surface area (Å²) in [5.74, 6) is 1.39. The van der Waals surface area contributed by atoms with Gasteiger partial charge in [-0.3, -0.25) is 4.79 Å². The second kappa shape index (κ2) is 6.40. The number of ether oxygens (including phenoxy) is 3. The van der Waals surface area contributed by atoms with E-state index in [2.05, 4.69) is 0 Å². The van der Waals surface area contributed by atoms with Crippen LogP contribution in [0.2, 0.25) is 0 Å². The van der Waals surface area contributed by atoms with Crippen molar-refractivity contribution < 1.29 is 19.0 Å². The SMILES string of the molecule is Nc1c(C(=O)N2CCOCC2)sc2nc(-c3ccc4c(c3)OCO4)ccc12. The highest BCUT2D eigenvalue weighted by Gasteiger charge is 2.24. The van der Waals surface area contributed by atoms with E-state index < -0.39 is 0 Å². The van der Waals surface area contributed by atoms with Gasteiger partial charge in [0.2, 0.25) is 6.79 Å². The molecule has 3 aromatic rings. The van der Waals surface area contributed by atoms with Gasteiger partial charge in [-0.1, -0.05) is 0 Å². The number of nitrogens with zero attached hydrogens (tertiary/aromatic N) is 2. The smallest absolute Gasteiger partial charge is 0.266 e. The number of amides is 1. The fourth-order valence-corrected chi connectivity index (χ4v) is 4.34. The Balaban J connectivity index is 1.51. The third-order valence-electron chi connectivity index (χ3n) is 4.75. The Hall–Kier alpha value is -2.84. The van der Waals surface area contributed by atoms with Crippen molar-refractivity contribution in [2.75, 3.05) is 38.8 Å². The zero-order chi connectivity index (χ0) is 18.4. The lowest BCUT2D eigenvalue weighted by molar-refractivity contribution is 0.0307. The first-order valence-electron chi connectivity index (χ1n) is 8.67. The number of hydrogen-bond donors (Lipinski definition) is 1. The quantitative estimate of drug-likeness (QED) is 0.732. The maximum atomic E-state index is 12.8. The van der Waals surface area contributed by atoms with Gasteiger partial charge in [-0.2, -0.15) is 0 Å². The lowest BCUT2D eigenvalue weighted by Crippen LogP contribution is -2.40. The summed E-state index contributed by atoms with van der Waals surface area (Å²) in [5, 5.41) is 0.807. The van der Waals surface area contributed by atoms with E-state index in [0.717, 1.165) is 27.2 Å². The van der Waals surface area contributed by atoms with Gasteiger partial charge < -0.3 is 24.8 Å². The summed E-state index contributed by atoms with van der Waals surface area (Å²) in [5.41, 5.74) is 8.48. The van der Waals surface area contributed by atoms with Crippen molar-refractivity contribution >= 4 is 33.1 Å². The Morgan fingerprint density at radius 1 is 1.11 bits per heavy atom. The number of benzene rings is 1. The molecule has 4 heterocycles. The maximum absolute atomic E-state index is 12.8. The second-order valence-electron chi connectivity index (χ2n) is 6.37. The average molecular weight is 383 g/mol. The van der Waals surface area contributed by atoms with E-state index in [0.29, 0.717) is 42.6 Å². The van der Waals surface area contributed by atoms with Gasteiger partial charge >= 0.3 is 0 Å². The minimum absolute atomic E-state index is 0.0524. The van der Waals surface area contributed by atoms with Crippen molar-refractivity contribution in [3.63, 3.8) is 0 Å². The van der Waals surface area contributed by atoms with E-state index in [4.69, 9.17) is 24.9 Å². The molecule has 138 valence electrons. The summed E-state index contributed by atoms with van der Waals surface area (Å²) in [4.78, 5) is 20.6. The molecule has 1 fully saturated rings. The molecule has 1 amide bonds. The first kappa shape index (κ1) is 16.3. The molecule has 0 unspecified atom stereocenters. The molecule has 7 nitrogen and oxygen atoms in total. The Morgan fingerprint density at radius 3 is 2.78 bits per heavy atom. The number of thiophene rings is 1. The molecule has 5 rings (SSSR count). The molecule has 1 aromatic carbocycles. The van der Waals surface area contributed by atoms with E-state index in [1.807, 2.05) is 30.3 Å². The normalized spacial score (nSPS) is 16.1. The third-order valence-corrected chi connectivity index (χ3v) is 5.86.